The van der Waals surface area contributed by atoms with E-state index in [9.17, 15) is 4.79 Å². The number of furan rings is 1. The van der Waals surface area contributed by atoms with Crippen LogP contribution < -0.4 is 5.32 Å². The van der Waals surface area contributed by atoms with Crippen molar-refractivity contribution in [3.05, 3.63) is 22.6 Å². The van der Waals surface area contributed by atoms with Crippen LogP contribution in [0.15, 0.2) is 21.2 Å². The first-order valence-electron chi connectivity index (χ1n) is 4.84. The maximum Gasteiger partial charge on any atom is 0.200 e. The van der Waals surface area contributed by atoms with Crippen LogP contribution in [-0.2, 0) is 4.74 Å². The van der Waals surface area contributed by atoms with Gasteiger partial charge in [0.25, 0.3) is 0 Å². The number of morpholine rings is 1. The summed E-state index contributed by atoms with van der Waals surface area (Å²) in [6, 6.07) is 1.82. The van der Waals surface area contributed by atoms with E-state index in [0.29, 0.717) is 23.3 Å². The molecule has 4 nitrogen and oxygen atoms in total. The molecule has 0 radical (unpaired) electrons. The molecule has 0 amide bonds. The van der Waals surface area contributed by atoms with Gasteiger partial charge in [0, 0.05) is 19.0 Å². The lowest BCUT2D eigenvalue weighted by Gasteiger charge is -2.22. The SMILES string of the molecule is O=C(CC1COCCN1)c1occc1Br. The van der Waals surface area contributed by atoms with E-state index >= 15 is 0 Å². The minimum absolute atomic E-state index is 0.00475. The Hall–Kier alpha value is -0.650. The van der Waals surface area contributed by atoms with Crippen LogP contribution in [0.4, 0.5) is 0 Å². The van der Waals surface area contributed by atoms with Gasteiger partial charge in [-0.15, -0.1) is 0 Å². The largest absolute Gasteiger partial charge is 0.460 e. The van der Waals surface area contributed by atoms with Gasteiger partial charge in [-0.1, -0.05) is 0 Å². The first-order valence-corrected chi connectivity index (χ1v) is 5.64. The Morgan fingerprint density at radius 1 is 1.67 bits per heavy atom. The van der Waals surface area contributed by atoms with Crippen LogP contribution in [0.1, 0.15) is 17.0 Å². The maximum absolute atomic E-state index is 11.8. The molecule has 15 heavy (non-hydrogen) atoms. The van der Waals surface area contributed by atoms with Crippen molar-refractivity contribution >= 4 is 21.7 Å². The second kappa shape index (κ2) is 4.92. The number of ether oxygens (including phenoxy) is 1. The van der Waals surface area contributed by atoms with Crippen LogP contribution in [0.25, 0.3) is 0 Å². The minimum atomic E-state index is -0.00475. The highest BCUT2D eigenvalue weighted by Crippen LogP contribution is 2.19. The van der Waals surface area contributed by atoms with Crippen LogP contribution in [-0.4, -0.2) is 31.6 Å². The highest BCUT2D eigenvalue weighted by atomic mass is 79.9. The van der Waals surface area contributed by atoms with Crippen LogP contribution in [0.5, 0.6) is 0 Å². The molecule has 0 spiro atoms. The molecule has 1 aromatic heterocycles. The lowest BCUT2D eigenvalue weighted by Crippen LogP contribution is -2.42. The Bertz CT molecular complexity index is 344. The number of hydrogen-bond donors (Lipinski definition) is 1. The third-order valence-corrected chi connectivity index (χ3v) is 2.93. The maximum atomic E-state index is 11.8. The fourth-order valence-electron chi connectivity index (χ4n) is 1.56. The molecule has 2 heterocycles. The van der Waals surface area contributed by atoms with Gasteiger partial charge in [0.15, 0.2) is 5.76 Å². The van der Waals surface area contributed by atoms with Crippen molar-refractivity contribution in [2.75, 3.05) is 19.8 Å². The molecule has 1 unspecified atom stereocenters. The fourth-order valence-corrected chi connectivity index (χ4v) is 1.98. The number of Topliss-reactive ketones (excluding diaryl/α,β-unsaturated/α-hetero) is 1. The summed E-state index contributed by atoms with van der Waals surface area (Å²) in [5.41, 5.74) is 0. The first kappa shape index (κ1) is 10.9. The molecule has 2 rings (SSSR count). The van der Waals surface area contributed by atoms with Crippen molar-refractivity contribution in [1.82, 2.24) is 5.32 Å². The summed E-state index contributed by atoms with van der Waals surface area (Å²) < 4.78 is 11.1. The van der Waals surface area contributed by atoms with Crippen LogP contribution in [0.3, 0.4) is 0 Å². The number of carbonyl (C=O) groups excluding carboxylic acids is 1. The fraction of sp³-hybridized carbons (Fsp3) is 0.500. The molecule has 1 aliphatic rings. The van der Waals surface area contributed by atoms with E-state index in [0.717, 1.165) is 13.2 Å². The van der Waals surface area contributed by atoms with Gasteiger partial charge in [0.2, 0.25) is 5.78 Å². The summed E-state index contributed by atoms with van der Waals surface area (Å²) in [5, 5.41) is 3.23. The number of nitrogens with one attached hydrogen (secondary N) is 1. The van der Waals surface area contributed by atoms with Gasteiger partial charge >= 0.3 is 0 Å². The van der Waals surface area contributed by atoms with Gasteiger partial charge in [0.05, 0.1) is 23.9 Å². The van der Waals surface area contributed by atoms with E-state index in [1.165, 1.54) is 6.26 Å². The topological polar surface area (TPSA) is 51.5 Å². The van der Waals surface area contributed by atoms with E-state index in [1.54, 1.807) is 6.07 Å². The summed E-state index contributed by atoms with van der Waals surface area (Å²) in [6.45, 7) is 2.11. The molecule has 1 N–H and O–H groups in total. The van der Waals surface area contributed by atoms with E-state index in [1.807, 2.05) is 0 Å². The van der Waals surface area contributed by atoms with Crippen molar-refractivity contribution in [2.45, 2.75) is 12.5 Å². The quantitative estimate of drug-likeness (QED) is 0.851. The standard InChI is InChI=1S/C10H12BrNO3/c11-8-1-3-15-10(8)9(13)5-7-6-14-4-2-12-7/h1,3,7,12H,2,4-6H2. The number of ketones is 1. The second-order valence-electron chi connectivity index (χ2n) is 3.45. The molecular formula is C10H12BrNO3. The number of carbonyl (C=O) groups is 1. The van der Waals surface area contributed by atoms with Crippen molar-refractivity contribution in [2.24, 2.45) is 0 Å². The number of rotatable bonds is 3. The van der Waals surface area contributed by atoms with Gasteiger partial charge in [-0.25, -0.2) is 0 Å². The normalized spacial score (nSPS) is 21.5. The monoisotopic (exact) mass is 273 g/mol. The molecular weight excluding hydrogens is 262 g/mol. The van der Waals surface area contributed by atoms with E-state index < -0.39 is 0 Å². The highest BCUT2D eigenvalue weighted by Gasteiger charge is 2.21. The molecule has 1 aromatic rings. The van der Waals surface area contributed by atoms with Crippen LogP contribution in [0.2, 0.25) is 0 Å². The second-order valence-corrected chi connectivity index (χ2v) is 4.31. The molecule has 0 aliphatic carbocycles. The Balaban J connectivity index is 1.94. The predicted molar refractivity (Wildman–Crippen MR) is 58.0 cm³/mol. The Labute approximate surface area is 96.1 Å². The van der Waals surface area contributed by atoms with Crippen LogP contribution >= 0.6 is 15.9 Å². The van der Waals surface area contributed by atoms with Gasteiger partial charge in [-0.2, -0.15) is 0 Å². The van der Waals surface area contributed by atoms with E-state index in [2.05, 4.69) is 21.2 Å². The molecule has 1 fully saturated rings. The third-order valence-electron chi connectivity index (χ3n) is 2.30. The molecule has 82 valence electrons. The minimum Gasteiger partial charge on any atom is -0.460 e. The van der Waals surface area contributed by atoms with Crippen LogP contribution in [0, 0.1) is 0 Å². The van der Waals surface area contributed by atoms with Crippen molar-refractivity contribution < 1.29 is 13.9 Å². The number of hydrogen-bond acceptors (Lipinski definition) is 4. The smallest absolute Gasteiger partial charge is 0.200 e. The van der Waals surface area contributed by atoms with Crippen molar-refractivity contribution in [3.63, 3.8) is 0 Å². The summed E-state index contributed by atoms with van der Waals surface area (Å²) in [7, 11) is 0. The first-order chi connectivity index (χ1) is 7.27. The molecule has 0 saturated carbocycles. The Morgan fingerprint density at radius 2 is 2.53 bits per heavy atom. The van der Waals surface area contributed by atoms with Gasteiger partial charge in [-0.3, -0.25) is 4.79 Å². The average molecular weight is 274 g/mol. The molecule has 1 atom stereocenters. The summed E-state index contributed by atoms with van der Waals surface area (Å²) >= 11 is 3.27. The molecule has 1 aliphatic heterocycles. The van der Waals surface area contributed by atoms with E-state index in [-0.39, 0.29) is 11.8 Å². The molecule has 1 saturated heterocycles. The van der Waals surface area contributed by atoms with Crippen molar-refractivity contribution in [3.8, 4) is 0 Å². The lowest BCUT2D eigenvalue weighted by molar-refractivity contribution is 0.0665. The van der Waals surface area contributed by atoms with Gasteiger partial charge in [-0.05, 0) is 22.0 Å². The molecule has 5 heteroatoms. The predicted octanol–water partition coefficient (Wildman–Crippen LogP) is 1.60. The van der Waals surface area contributed by atoms with Crippen molar-refractivity contribution in [1.29, 1.82) is 0 Å². The van der Waals surface area contributed by atoms with Gasteiger partial charge in [0.1, 0.15) is 0 Å². The average Bonchev–Trinajstić information content (AvgIpc) is 2.66. The Kier molecular flexibility index (Phi) is 3.56. The number of halogens is 1. The zero-order chi connectivity index (χ0) is 10.7. The summed E-state index contributed by atoms with van der Waals surface area (Å²) in [5.74, 6) is 0.386. The lowest BCUT2D eigenvalue weighted by atomic mass is 10.1. The molecule has 0 aromatic carbocycles. The summed E-state index contributed by atoms with van der Waals surface area (Å²) in [4.78, 5) is 11.8. The zero-order valence-corrected chi connectivity index (χ0v) is 9.75. The summed E-state index contributed by atoms with van der Waals surface area (Å²) in [6.07, 6.45) is 1.91. The van der Waals surface area contributed by atoms with Gasteiger partial charge < -0.3 is 14.5 Å². The zero-order valence-electron chi connectivity index (χ0n) is 8.16. The third kappa shape index (κ3) is 2.68. The molecule has 0 bridgehead atoms. The van der Waals surface area contributed by atoms with E-state index in [4.69, 9.17) is 9.15 Å². The Morgan fingerprint density at radius 3 is 3.13 bits per heavy atom. The highest BCUT2D eigenvalue weighted by molar-refractivity contribution is 9.10.